The summed E-state index contributed by atoms with van der Waals surface area (Å²) in [5.74, 6) is 1.27. The van der Waals surface area contributed by atoms with Crippen molar-refractivity contribution in [2.75, 3.05) is 44.4 Å². The standard InChI is InChI=1S/C23H20BrClN4O2/c24-17-10-15(28-6-8-30-9-7-28)11-20-22(17)27-23(14-12-31-13-14)29(20)19-4-5-26-21-16(19)2-1-3-18(21)25/h1-5,10-11,14H,6-9,12-13H2. The molecule has 2 aromatic heterocycles. The van der Waals surface area contributed by atoms with Crippen LogP contribution in [0.2, 0.25) is 5.02 Å². The highest BCUT2D eigenvalue weighted by Gasteiger charge is 2.29. The van der Waals surface area contributed by atoms with E-state index < -0.39 is 0 Å². The van der Waals surface area contributed by atoms with Crippen LogP contribution in [-0.2, 0) is 9.47 Å². The van der Waals surface area contributed by atoms with Gasteiger partial charge in [-0.15, -0.1) is 0 Å². The van der Waals surface area contributed by atoms with Gasteiger partial charge < -0.3 is 14.4 Å². The first kappa shape index (κ1) is 19.5. The van der Waals surface area contributed by atoms with E-state index in [0.717, 1.165) is 69.9 Å². The van der Waals surface area contributed by atoms with Gasteiger partial charge in [0.1, 0.15) is 11.3 Å². The maximum atomic E-state index is 6.47. The Hall–Kier alpha value is -2.19. The normalized spacial score (nSPS) is 17.4. The van der Waals surface area contributed by atoms with Crippen molar-refractivity contribution >= 4 is 55.2 Å². The number of benzene rings is 2. The summed E-state index contributed by atoms with van der Waals surface area (Å²) in [5.41, 5.74) is 5.00. The third kappa shape index (κ3) is 3.22. The van der Waals surface area contributed by atoms with Crippen molar-refractivity contribution in [2.45, 2.75) is 5.92 Å². The molecule has 8 heteroatoms. The van der Waals surface area contributed by atoms with Crippen molar-refractivity contribution in [3.63, 3.8) is 0 Å². The number of fused-ring (bicyclic) bond motifs is 2. The summed E-state index contributed by atoms with van der Waals surface area (Å²) in [7, 11) is 0. The van der Waals surface area contributed by atoms with Crippen LogP contribution in [0.5, 0.6) is 0 Å². The van der Waals surface area contributed by atoms with Crippen LogP contribution in [0.4, 0.5) is 5.69 Å². The highest BCUT2D eigenvalue weighted by Crippen LogP contribution is 2.38. The fourth-order valence-electron chi connectivity index (χ4n) is 4.38. The maximum Gasteiger partial charge on any atom is 0.122 e. The summed E-state index contributed by atoms with van der Waals surface area (Å²) in [6.07, 6.45) is 1.82. The summed E-state index contributed by atoms with van der Waals surface area (Å²) in [5, 5.41) is 1.65. The smallest absolute Gasteiger partial charge is 0.122 e. The van der Waals surface area contributed by atoms with Crippen molar-refractivity contribution in [1.29, 1.82) is 0 Å². The molecule has 0 aliphatic carbocycles. The lowest BCUT2D eigenvalue weighted by molar-refractivity contribution is 0.00449. The molecule has 2 aliphatic heterocycles. The molecular weight excluding hydrogens is 480 g/mol. The third-order valence-electron chi connectivity index (χ3n) is 6.04. The first-order valence-corrected chi connectivity index (χ1v) is 11.5. The van der Waals surface area contributed by atoms with Gasteiger partial charge >= 0.3 is 0 Å². The lowest BCUT2D eigenvalue weighted by Gasteiger charge is -2.29. The van der Waals surface area contributed by atoms with Crippen LogP contribution < -0.4 is 4.90 Å². The monoisotopic (exact) mass is 498 g/mol. The van der Waals surface area contributed by atoms with Gasteiger partial charge in [0.2, 0.25) is 0 Å². The third-order valence-corrected chi connectivity index (χ3v) is 6.95. The zero-order valence-corrected chi connectivity index (χ0v) is 19.1. The van der Waals surface area contributed by atoms with Gasteiger partial charge in [-0.3, -0.25) is 9.55 Å². The first-order valence-electron chi connectivity index (χ1n) is 10.4. The van der Waals surface area contributed by atoms with E-state index in [4.69, 9.17) is 26.1 Å². The van der Waals surface area contributed by atoms with Gasteiger partial charge in [-0.25, -0.2) is 4.98 Å². The maximum absolute atomic E-state index is 6.47. The second-order valence-corrected chi connectivity index (χ2v) is 9.16. The number of anilines is 1. The lowest BCUT2D eigenvalue weighted by Crippen LogP contribution is -2.36. The van der Waals surface area contributed by atoms with E-state index in [-0.39, 0.29) is 5.92 Å². The summed E-state index contributed by atoms with van der Waals surface area (Å²) >= 11 is 10.3. The number of hydrogen-bond acceptors (Lipinski definition) is 5. The van der Waals surface area contributed by atoms with E-state index >= 15 is 0 Å². The van der Waals surface area contributed by atoms with Crippen LogP contribution in [0.3, 0.4) is 0 Å². The summed E-state index contributed by atoms with van der Waals surface area (Å²) in [4.78, 5) is 12.0. The Morgan fingerprint density at radius 2 is 1.87 bits per heavy atom. The van der Waals surface area contributed by atoms with Gasteiger partial charge in [0, 0.05) is 34.8 Å². The topological polar surface area (TPSA) is 52.4 Å². The van der Waals surface area contributed by atoms with Gasteiger partial charge in [0.15, 0.2) is 0 Å². The minimum atomic E-state index is 0.258. The molecule has 2 aliphatic rings. The largest absolute Gasteiger partial charge is 0.380 e. The van der Waals surface area contributed by atoms with Crippen molar-refractivity contribution in [3.8, 4) is 5.69 Å². The predicted octanol–water partition coefficient (Wildman–Crippen LogP) is 4.94. The number of para-hydroxylation sites is 1. The van der Waals surface area contributed by atoms with Crippen LogP contribution in [0.25, 0.3) is 27.6 Å². The molecule has 2 aromatic carbocycles. The molecule has 0 N–H and O–H groups in total. The lowest BCUT2D eigenvalue weighted by atomic mass is 10.1. The van der Waals surface area contributed by atoms with E-state index in [1.54, 1.807) is 0 Å². The quantitative estimate of drug-likeness (QED) is 0.400. The molecule has 0 amide bonds. The van der Waals surface area contributed by atoms with Crippen molar-refractivity contribution in [3.05, 3.63) is 57.9 Å². The average Bonchev–Trinajstić information content (AvgIpc) is 3.12. The number of nitrogens with zero attached hydrogens (tertiary/aromatic N) is 4. The molecule has 0 bridgehead atoms. The van der Waals surface area contributed by atoms with E-state index in [0.29, 0.717) is 18.2 Å². The Morgan fingerprint density at radius 3 is 2.65 bits per heavy atom. The molecule has 6 nitrogen and oxygen atoms in total. The Balaban J connectivity index is 1.64. The summed E-state index contributed by atoms with van der Waals surface area (Å²) in [6, 6.07) is 12.3. The number of imidazole rings is 1. The molecule has 0 atom stereocenters. The van der Waals surface area contributed by atoms with Crippen LogP contribution in [0.15, 0.2) is 47.1 Å². The Labute approximate surface area is 192 Å². The number of aromatic nitrogens is 3. The Bertz CT molecular complexity index is 1300. The number of ether oxygens (including phenoxy) is 2. The van der Waals surface area contributed by atoms with Gasteiger partial charge in [-0.1, -0.05) is 23.7 Å². The van der Waals surface area contributed by atoms with E-state index in [1.807, 2.05) is 24.4 Å². The fourth-order valence-corrected chi connectivity index (χ4v) is 5.13. The van der Waals surface area contributed by atoms with E-state index in [1.165, 1.54) is 0 Å². The molecule has 0 radical (unpaired) electrons. The van der Waals surface area contributed by atoms with Gasteiger partial charge in [0.05, 0.1) is 54.1 Å². The fraction of sp³-hybridized carbons (Fsp3) is 0.304. The number of hydrogen-bond donors (Lipinski definition) is 0. The molecule has 158 valence electrons. The highest BCUT2D eigenvalue weighted by molar-refractivity contribution is 9.10. The average molecular weight is 500 g/mol. The van der Waals surface area contributed by atoms with Crippen molar-refractivity contribution in [2.24, 2.45) is 0 Å². The number of rotatable bonds is 3. The minimum absolute atomic E-state index is 0.258. The SMILES string of the molecule is Clc1cccc2c(-n3c(C4COC4)nc4c(Br)cc(N5CCOCC5)cc43)ccnc12. The molecule has 6 rings (SSSR count). The van der Waals surface area contributed by atoms with Crippen LogP contribution in [0, 0.1) is 0 Å². The Morgan fingerprint density at radius 1 is 1.03 bits per heavy atom. The molecule has 0 saturated carbocycles. The zero-order chi connectivity index (χ0) is 20.9. The summed E-state index contributed by atoms with van der Waals surface area (Å²) < 4.78 is 14.3. The highest BCUT2D eigenvalue weighted by atomic mass is 79.9. The molecule has 4 aromatic rings. The molecule has 2 saturated heterocycles. The number of halogens is 2. The Kier molecular flexibility index (Phi) is 4.87. The van der Waals surface area contributed by atoms with E-state index in [9.17, 15) is 0 Å². The van der Waals surface area contributed by atoms with Gasteiger partial charge in [0.25, 0.3) is 0 Å². The summed E-state index contributed by atoms with van der Waals surface area (Å²) in [6.45, 7) is 4.61. The zero-order valence-electron chi connectivity index (χ0n) is 16.7. The molecule has 0 spiro atoms. The molecule has 4 heterocycles. The van der Waals surface area contributed by atoms with Gasteiger partial charge in [-0.2, -0.15) is 0 Å². The predicted molar refractivity (Wildman–Crippen MR) is 126 cm³/mol. The molecule has 0 unspecified atom stereocenters. The van der Waals surface area contributed by atoms with Crippen LogP contribution in [0.1, 0.15) is 11.7 Å². The molecule has 2 fully saturated rings. The van der Waals surface area contributed by atoms with Crippen molar-refractivity contribution in [1.82, 2.24) is 14.5 Å². The van der Waals surface area contributed by atoms with Gasteiger partial charge in [-0.05, 0) is 40.2 Å². The second kappa shape index (κ2) is 7.74. The van der Waals surface area contributed by atoms with Crippen LogP contribution in [-0.4, -0.2) is 54.1 Å². The van der Waals surface area contributed by atoms with E-state index in [2.05, 4.69) is 48.6 Å². The minimum Gasteiger partial charge on any atom is -0.380 e. The first-order chi connectivity index (χ1) is 15.2. The number of pyridine rings is 1. The molecular formula is C23H20BrClN4O2. The van der Waals surface area contributed by atoms with Crippen LogP contribution >= 0.6 is 27.5 Å². The molecule has 31 heavy (non-hydrogen) atoms. The second-order valence-electron chi connectivity index (χ2n) is 7.90. The number of morpholine rings is 1. The van der Waals surface area contributed by atoms with Crippen molar-refractivity contribution < 1.29 is 9.47 Å².